The van der Waals surface area contributed by atoms with Crippen LogP contribution < -0.4 is 0 Å². The van der Waals surface area contributed by atoms with E-state index in [0.717, 1.165) is 22.5 Å². The standard InChI is InChI=1S/C28H20N2/c1-3-9-25-17-21(13-15-23(25)7-1)19-29-27-11-5-6-12-28(27)30-20-22-14-16-24-8-2-4-10-26(24)18-22/h1-20H/b29-19+,30-20+. The summed E-state index contributed by atoms with van der Waals surface area (Å²) in [6.07, 6.45) is 3.80. The summed E-state index contributed by atoms with van der Waals surface area (Å²) < 4.78 is 0. The summed E-state index contributed by atoms with van der Waals surface area (Å²) in [4.78, 5) is 9.41. The van der Waals surface area contributed by atoms with Gasteiger partial charge in [-0.15, -0.1) is 0 Å². The van der Waals surface area contributed by atoms with Crippen LogP contribution in [-0.2, 0) is 0 Å². The molecule has 0 N–H and O–H groups in total. The molecule has 0 bridgehead atoms. The second-order valence-electron chi connectivity index (χ2n) is 7.22. The Morgan fingerprint density at radius 2 is 0.800 bits per heavy atom. The van der Waals surface area contributed by atoms with Crippen molar-refractivity contribution in [2.24, 2.45) is 9.98 Å². The molecule has 5 aromatic rings. The zero-order valence-electron chi connectivity index (χ0n) is 16.4. The second kappa shape index (κ2) is 8.14. The molecule has 2 heteroatoms. The normalized spacial score (nSPS) is 11.7. The summed E-state index contributed by atoms with van der Waals surface area (Å²) in [6.45, 7) is 0. The molecule has 142 valence electrons. The number of aliphatic imine (C=N–C) groups is 2. The van der Waals surface area contributed by atoms with Gasteiger partial charge in [0.2, 0.25) is 0 Å². The summed E-state index contributed by atoms with van der Waals surface area (Å²) in [5.74, 6) is 0. The maximum absolute atomic E-state index is 4.71. The van der Waals surface area contributed by atoms with Crippen molar-refractivity contribution in [3.63, 3.8) is 0 Å². The van der Waals surface area contributed by atoms with Crippen molar-refractivity contribution in [3.8, 4) is 0 Å². The third-order valence-electron chi connectivity index (χ3n) is 5.13. The SMILES string of the molecule is C(=N\c1ccccc1/N=C/c1ccc2ccccc2c1)/c1ccc2ccccc2c1. The van der Waals surface area contributed by atoms with Crippen LogP contribution in [0.1, 0.15) is 11.1 Å². The molecule has 0 aliphatic carbocycles. The molecule has 2 nitrogen and oxygen atoms in total. The number of hydrogen-bond acceptors (Lipinski definition) is 2. The van der Waals surface area contributed by atoms with E-state index in [1.54, 1.807) is 0 Å². The van der Waals surface area contributed by atoms with Gasteiger partial charge < -0.3 is 0 Å². The van der Waals surface area contributed by atoms with Crippen LogP contribution >= 0.6 is 0 Å². The van der Waals surface area contributed by atoms with Crippen LogP contribution in [0.2, 0.25) is 0 Å². The number of nitrogens with zero attached hydrogens (tertiary/aromatic N) is 2. The Kier molecular flexibility index (Phi) is 4.89. The van der Waals surface area contributed by atoms with E-state index in [1.165, 1.54) is 21.5 Å². The Bertz CT molecular complexity index is 1290. The van der Waals surface area contributed by atoms with Crippen molar-refractivity contribution in [2.45, 2.75) is 0 Å². The van der Waals surface area contributed by atoms with E-state index in [-0.39, 0.29) is 0 Å². The van der Waals surface area contributed by atoms with Crippen LogP contribution in [0.25, 0.3) is 21.5 Å². The smallest absolute Gasteiger partial charge is 0.0886 e. The van der Waals surface area contributed by atoms with Crippen LogP contribution in [0.5, 0.6) is 0 Å². The van der Waals surface area contributed by atoms with E-state index in [4.69, 9.17) is 9.98 Å². The minimum Gasteiger partial charge on any atom is -0.254 e. The van der Waals surface area contributed by atoms with Crippen LogP contribution in [0.15, 0.2) is 119 Å². The summed E-state index contributed by atoms with van der Waals surface area (Å²) in [5.41, 5.74) is 3.84. The van der Waals surface area contributed by atoms with Crippen molar-refractivity contribution >= 4 is 45.3 Å². The summed E-state index contributed by atoms with van der Waals surface area (Å²) in [6, 6.07) is 37.4. The number of rotatable bonds is 4. The quantitative estimate of drug-likeness (QED) is 0.287. The molecule has 0 unspecified atom stereocenters. The van der Waals surface area contributed by atoms with Gasteiger partial charge in [0.15, 0.2) is 0 Å². The predicted molar refractivity (Wildman–Crippen MR) is 129 cm³/mol. The van der Waals surface area contributed by atoms with Crippen molar-refractivity contribution in [3.05, 3.63) is 120 Å². The molecule has 0 aromatic heterocycles. The third kappa shape index (κ3) is 3.89. The van der Waals surface area contributed by atoms with E-state index in [9.17, 15) is 0 Å². The lowest BCUT2D eigenvalue weighted by molar-refractivity contribution is 1.46. The Hall–Kier alpha value is -4.04. The van der Waals surface area contributed by atoms with Gasteiger partial charge in [-0.3, -0.25) is 9.98 Å². The van der Waals surface area contributed by atoms with Crippen LogP contribution in [0.4, 0.5) is 11.4 Å². The molecule has 5 rings (SSSR count). The third-order valence-corrected chi connectivity index (χ3v) is 5.13. The molecule has 0 aliphatic heterocycles. The van der Waals surface area contributed by atoms with Gasteiger partial charge in [0.1, 0.15) is 0 Å². The minimum atomic E-state index is 0.850. The lowest BCUT2D eigenvalue weighted by atomic mass is 10.1. The highest BCUT2D eigenvalue weighted by molar-refractivity contribution is 5.93. The largest absolute Gasteiger partial charge is 0.254 e. The lowest BCUT2D eigenvalue weighted by Gasteiger charge is -2.02. The van der Waals surface area contributed by atoms with Crippen molar-refractivity contribution in [2.75, 3.05) is 0 Å². The molecule has 0 heterocycles. The zero-order chi connectivity index (χ0) is 20.2. The molecule has 0 fully saturated rings. The van der Waals surface area contributed by atoms with Gasteiger partial charge in [0.05, 0.1) is 11.4 Å². The first kappa shape index (κ1) is 18.0. The fourth-order valence-corrected chi connectivity index (χ4v) is 3.55. The number of fused-ring (bicyclic) bond motifs is 2. The first-order chi connectivity index (χ1) is 14.8. The Morgan fingerprint density at radius 1 is 0.400 bits per heavy atom. The van der Waals surface area contributed by atoms with Crippen molar-refractivity contribution < 1.29 is 0 Å². The fraction of sp³-hybridized carbons (Fsp3) is 0. The monoisotopic (exact) mass is 384 g/mol. The number of benzene rings is 5. The van der Waals surface area contributed by atoms with E-state index < -0.39 is 0 Å². The predicted octanol–water partition coefficient (Wildman–Crippen LogP) is 7.49. The molecular formula is C28H20N2. The van der Waals surface area contributed by atoms with E-state index in [2.05, 4.69) is 84.9 Å². The molecule has 0 atom stereocenters. The van der Waals surface area contributed by atoms with E-state index in [1.807, 2.05) is 36.7 Å². The number of hydrogen-bond donors (Lipinski definition) is 0. The van der Waals surface area contributed by atoms with Crippen molar-refractivity contribution in [1.29, 1.82) is 0 Å². The van der Waals surface area contributed by atoms with Gasteiger partial charge in [-0.05, 0) is 56.9 Å². The van der Waals surface area contributed by atoms with Crippen LogP contribution in [-0.4, -0.2) is 12.4 Å². The Labute approximate surface area is 175 Å². The van der Waals surface area contributed by atoms with Crippen LogP contribution in [0, 0.1) is 0 Å². The second-order valence-corrected chi connectivity index (χ2v) is 7.22. The topological polar surface area (TPSA) is 24.7 Å². The molecular weight excluding hydrogens is 364 g/mol. The molecule has 30 heavy (non-hydrogen) atoms. The van der Waals surface area contributed by atoms with Gasteiger partial charge in [0, 0.05) is 12.4 Å². The number of para-hydroxylation sites is 2. The molecule has 0 radical (unpaired) electrons. The molecule has 0 amide bonds. The lowest BCUT2D eigenvalue weighted by Crippen LogP contribution is -1.83. The highest BCUT2D eigenvalue weighted by atomic mass is 14.8. The van der Waals surface area contributed by atoms with E-state index in [0.29, 0.717) is 0 Å². The first-order valence-corrected chi connectivity index (χ1v) is 10.00. The highest BCUT2D eigenvalue weighted by Gasteiger charge is 1.99. The van der Waals surface area contributed by atoms with Crippen LogP contribution in [0.3, 0.4) is 0 Å². The maximum atomic E-state index is 4.71. The average molecular weight is 384 g/mol. The zero-order valence-corrected chi connectivity index (χ0v) is 16.4. The molecule has 0 saturated heterocycles. The van der Waals surface area contributed by atoms with Crippen molar-refractivity contribution in [1.82, 2.24) is 0 Å². The maximum Gasteiger partial charge on any atom is 0.0886 e. The summed E-state index contributed by atoms with van der Waals surface area (Å²) in [5, 5.41) is 4.89. The summed E-state index contributed by atoms with van der Waals surface area (Å²) >= 11 is 0. The van der Waals surface area contributed by atoms with Gasteiger partial charge in [0.25, 0.3) is 0 Å². The van der Waals surface area contributed by atoms with Gasteiger partial charge in [-0.2, -0.15) is 0 Å². The van der Waals surface area contributed by atoms with E-state index >= 15 is 0 Å². The van der Waals surface area contributed by atoms with Gasteiger partial charge in [-0.1, -0.05) is 84.9 Å². The highest BCUT2D eigenvalue weighted by Crippen LogP contribution is 2.27. The molecule has 5 aromatic carbocycles. The van der Waals surface area contributed by atoms with Gasteiger partial charge >= 0.3 is 0 Å². The molecule has 0 saturated carbocycles. The first-order valence-electron chi connectivity index (χ1n) is 10.00. The summed E-state index contributed by atoms with van der Waals surface area (Å²) in [7, 11) is 0. The Balaban J connectivity index is 1.42. The molecule has 0 aliphatic rings. The Morgan fingerprint density at radius 3 is 1.27 bits per heavy atom. The van der Waals surface area contributed by atoms with Gasteiger partial charge in [-0.25, -0.2) is 0 Å². The molecule has 0 spiro atoms. The average Bonchev–Trinajstić information content (AvgIpc) is 2.81. The minimum absolute atomic E-state index is 0.850. The fourth-order valence-electron chi connectivity index (χ4n) is 3.55.